The molecule has 1 rings (SSSR count). The highest BCUT2D eigenvalue weighted by molar-refractivity contribution is 7.86. The molecular weight excluding hydrogens is 356 g/mol. The van der Waals surface area contributed by atoms with Crippen molar-refractivity contribution in [2.75, 3.05) is 6.61 Å². The number of ether oxygens (including phenoxy) is 2. The highest BCUT2D eigenvalue weighted by Crippen LogP contribution is 2.15. The summed E-state index contributed by atoms with van der Waals surface area (Å²) < 4.78 is 40.1. The van der Waals surface area contributed by atoms with Gasteiger partial charge in [-0.15, -0.1) is 0 Å². The average Bonchev–Trinajstić information content (AvgIpc) is 2.50. The Morgan fingerprint density at radius 1 is 1.12 bits per heavy atom. The lowest BCUT2D eigenvalue weighted by Crippen LogP contribution is -2.33. The van der Waals surface area contributed by atoms with Gasteiger partial charge in [0.2, 0.25) is 0 Å². The smallest absolute Gasteiger partial charge is 0.335 e. The number of hydrogen-bond donors (Lipinski definition) is 0. The minimum absolute atomic E-state index is 0.0602. The van der Waals surface area contributed by atoms with Crippen LogP contribution in [-0.4, -0.2) is 38.8 Å². The van der Waals surface area contributed by atoms with E-state index in [1.165, 1.54) is 12.1 Å². The van der Waals surface area contributed by atoms with Gasteiger partial charge in [-0.1, -0.05) is 17.7 Å². The number of carbonyl (C=O) groups excluding carboxylic acids is 1. The van der Waals surface area contributed by atoms with E-state index in [4.69, 9.17) is 13.7 Å². The first-order chi connectivity index (χ1) is 11.9. The molecule has 0 aliphatic heterocycles. The van der Waals surface area contributed by atoms with Crippen molar-refractivity contribution < 1.29 is 26.9 Å². The van der Waals surface area contributed by atoms with Crippen LogP contribution in [0.3, 0.4) is 0 Å². The molecule has 0 aromatic heterocycles. The maximum Gasteiger partial charge on any atom is 0.335 e. The quantitative estimate of drug-likeness (QED) is 0.366. The zero-order valence-electron chi connectivity index (χ0n) is 16.4. The summed E-state index contributed by atoms with van der Waals surface area (Å²) in [4.78, 5) is 12.0. The Morgan fingerprint density at radius 2 is 1.69 bits per heavy atom. The minimum atomic E-state index is -3.75. The van der Waals surface area contributed by atoms with E-state index >= 15 is 0 Å². The summed E-state index contributed by atoms with van der Waals surface area (Å²) in [7, 11) is -3.75. The summed E-state index contributed by atoms with van der Waals surface area (Å²) >= 11 is 0. The van der Waals surface area contributed by atoms with Crippen LogP contribution in [0.25, 0.3) is 0 Å². The second-order valence-electron chi connectivity index (χ2n) is 7.35. The van der Waals surface area contributed by atoms with Gasteiger partial charge in [-0.05, 0) is 66.5 Å². The second kappa shape index (κ2) is 9.48. The van der Waals surface area contributed by atoms with Crippen LogP contribution in [0.1, 0.15) is 53.0 Å². The van der Waals surface area contributed by atoms with Crippen LogP contribution in [0, 0.1) is 6.92 Å². The lowest BCUT2D eigenvalue weighted by molar-refractivity contribution is -0.170. The largest absolute Gasteiger partial charge is 0.458 e. The second-order valence-corrected chi connectivity index (χ2v) is 8.97. The predicted molar refractivity (Wildman–Crippen MR) is 99.4 cm³/mol. The first-order valence-corrected chi connectivity index (χ1v) is 10.2. The molecule has 0 aliphatic rings. The van der Waals surface area contributed by atoms with Gasteiger partial charge >= 0.3 is 5.97 Å². The van der Waals surface area contributed by atoms with Crippen molar-refractivity contribution in [2.24, 2.45) is 0 Å². The molecule has 0 saturated carbocycles. The number of carbonyl (C=O) groups is 1. The van der Waals surface area contributed by atoms with E-state index in [0.717, 1.165) is 5.56 Å². The molecule has 6 nitrogen and oxygen atoms in total. The molecule has 2 atom stereocenters. The Kier molecular flexibility index (Phi) is 8.24. The normalized spacial score (nSPS) is 14.7. The van der Waals surface area contributed by atoms with Gasteiger partial charge in [0, 0.05) is 0 Å². The summed E-state index contributed by atoms with van der Waals surface area (Å²) in [6.07, 6.45) is 0.161. The number of rotatable bonds is 9. The summed E-state index contributed by atoms with van der Waals surface area (Å²) in [5.41, 5.74) is 0.421. The molecule has 0 spiro atoms. The van der Waals surface area contributed by atoms with Crippen molar-refractivity contribution in [1.29, 1.82) is 0 Å². The Bertz CT molecular complexity index is 673. The van der Waals surface area contributed by atoms with E-state index in [1.807, 2.05) is 13.8 Å². The van der Waals surface area contributed by atoms with Gasteiger partial charge < -0.3 is 9.47 Å². The van der Waals surface area contributed by atoms with Crippen molar-refractivity contribution in [3.63, 3.8) is 0 Å². The molecule has 0 N–H and O–H groups in total. The molecule has 2 unspecified atom stereocenters. The number of esters is 1. The molecule has 0 aliphatic carbocycles. The molecule has 26 heavy (non-hydrogen) atoms. The summed E-state index contributed by atoms with van der Waals surface area (Å²) in [5.74, 6) is -0.414. The zero-order chi connectivity index (χ0) is 20.0. The van der Waals surface area contributed by atoms with Crippen LogP contribution < -0.4 is 0 Å². The lowest BCUT2D eigenvalue weighted by atomic mass is 10.2. The molecule has 148 valence electrons. The van der Waals surface area contributed by atoms with Crippen molar-refractivity contribution in [1.82, 2.24) is 0 Å². The van der Waals surface area contributed by atoms with E-state index in [2.05, 4.69) is 0 Å². The monoisotopic (exact) mass is 386 g/mol. The molecule has 0 bridgehead atoms. The third kappa shape index (κ3) is 8.29. The zero-order valence-corrected chi connectivity index (χ0v) is 17.3. The third-order valence-electron chi connectivity index (χ3n) is 3.48. The van der Waals surface area contributed by atoms with Crippen LogP contribution in [0.4, 0.5) is 0 Å². The predicted octanol–water partition coefficient (Wildman–Crippen LogP) is 3.62. The molecule has 1 aromatic rings. The SMILES string of the molecule is Cc1ccc(S(=O)(=O)OCCCC(C)OC(C)C(=O)OC(C)(C)C)cc1. The molecule has 1 aromatic carbocycles. The molecule has 0 saturated heterocycles. The topological polar surface area (TPSA) is 78.9 Å². The van der Waals surface area contributed by atoms with Crippen molar-refractivity contribution >= 4 is 16.1 Å². The Labute approximate surface area is 157 Å². The van der Waals surface area contributed by atoms with Crippen molar-refractivity contribution in [3.8, 4) is 0 Å². The maximum absolute atomic E-state index is 12.1. The van der Waals surface area contributed by atoms with Crippen LogP contribution >= 0.6 is 0 Å². The Morgan fingerprint density at radius 3 is 2.23 bits per heavy atom. The number of benzene rings is 1. The van der Waals surface area contributed by atoms with E-state index in [9.17, 15) is 13.2 Å². The molecule has 0 amide bonds. The summed E-state index contributed by atoms with van der Waals surface area (Å²) in [6, 6.07) is 6.51. The fraction of sp³-hybridized carbons (Fsp3) is 0.632. The van der Waals surface area contributed by atoms with Crippen LogP contribution in [0.5, 0.6) is 0 Å². The number of aryl methyl sites for hydroxylation is 1. The van der Waals surface area contributed by atoms with E-state index in [-0.39, 0.29) is 17.6 Å². The van der Waals surface area contributed by atoms with Gasteiger partial charge in [-0.3, -0.25) is 4.18 Å². The molecule has 7 heteroatoms. The van der Waals surface area contributed by atoms with Gasteiger partial charge in [0.15, 0.2) is 6.10 Å². The van der Waals surface area contributed by atoms with Crippen molar-refractivity contribution in [2.45, 2.75) is 77.1 Å². The van der Waals surface area contributed by atoms with Crippen LogP contribution in [0.2, 0.25) is 0 Å². The third-order valence-corrected chi connectivity index (χ3v) is 4.80. The van der Waals surface area contributed by atoms with Crippen molar-refractivity contribution in [3.05, 3.63) is 29.8 Å². The van der Waals surface area contributed by atoms with Gasteiger partial charge in [-0.2, -0.15) is 8.42 Å². The fourth-order valence-electron chi connectivity index (χ4n) is 2.17. The average molecular weight is 387 g/mol. The number of hydrogen-bond acceptors (Lipinski definition) is 6. The van der Waals surface area contributed by atoms with Crippen LogP contribution in [-0.2, 0) is 28.6 Å². The molecule has 0 radical (unpaired) electrons. The first kappa shape index (κ1) is 22.6. The Balaban J connectivity index is 2.36. The lowest BCUT2D eigenvalue weighted by Gasteiger charge is -2.24. The highest BCUT2D eigenvalue weighted by Gasteiger charge is 2.23. The van der Waals surface area contributed by atoms with Crippen LogP contribution in [0.15, 0.2) is 29.2 Å². The fourth-order valence-corrected chi connectivity index (χ4v) is 3.11. The van der Waals surface area contributed by atoms with E-state index in [0.29, 0.717) is 12.8 Å². The minimum Gasteiger partial charge on any atom is -0.458 e. The summed E-state index contributed by atoms with van der Waals surface area (Å²) in [6.45, 7) is 10.8. The Hall–Kier alpha value is -1.44. The van der Waals surface area contributed by atoms with E-state index in [1.54, 1.807) is 39.8 Å². The van der Waals surface area contributed by atoms with Gasteiger partial charge in [0.1, 0.15) is 5.60 Å². The summed E-state index contributed by atoms with van der Waals surface area (Å²) in [5, 5.41) is 0. The highest BCUT2D eigenvalue weighted by atomic mass is 32.2. The van der Waals surface area contributed by atoms with Gasteiger partial charge in [0.25, 0.3) is 10.1 Å². The van der Waals surface area contributed by atoms with Gasteiger partial charge in [-0.25, -0.2) is 4.79 Å². The first-order valence-electron chi connectivity index (χ1n) is 8.75. The molecular formula is C19H30O6S. The molecule has 0 heterocycles. The molecule has 0 fully saturated rings. The van der Waals surface area contributed by atoms with E-state index < -0.39 is 27.8 Å². The standard InChI is InChI=1S/C19H30O6S/c1-14-9-11-17(12-10-14)26(21,22)23-13-7-8-15(2)24-16(3)18(20)25-19(4,5)6/h9-12,15-16H,7-8,13H2,1-6H3. The maximum atomic E-state index is 12.1. The van der Waals surface area contributed by atoms with Gasteiger partial charge in [0.05, 0.1) is 17.6 Å².